The zero-order valence-electron chi connectivity index (χ0n) is 17.8. The minimum Gasteiger partial charge on any atom is -0.744 e. The predicted molar refractivity (Wildman–Crippen MR) is 126 cm³/mol. The molecule has 0 spiro atoms. The van der Waals surface area contributed by atoms with Crippen LogP contribution in [0.2, 0.25) is 0 Å². The molecule has 0 fully saturated rings. The summed E-state index contributed by atoms with van der Waals surface area (Å²) in [7, 11) is -14.6. The highest BCUT2D eigenvalue weighted by molar-refractivity contribution is 7.91. The number of hydrogen-bond donors (Lipinski definition) is 5. The predicted octanol–water partition coefficient (Wildman–Crippen LogP) is -0.265. The molecule has 8 N–H and O–H groups in total. The lowest BCUT2D eigenvalue weighted by Crippen LogP contribution is -2.44. The molecule has 0 unspecified atom stereocenters. The van der Waals surface area contributed by atoms with Gasteiger partial charge in [0.25, 0.3) is 10.1 Å². The Kier molecular flexibility index (Phi) is 6.53. The third kappa shape index (κ3) is 5.34. The summed E-state index contributed by atoms with van der Waals surface area (Å²) in [6, 6.07) is 6.79. The standard InChI is InChI=1S/C20H19N3O9S3/c1-10-6-13(9-18(20(10)23)35(30,31)32)19(11-2-4-14(21)16(7-11)33(24,25)26)12-3-5-15(22)17(8-12)34(27,28)29/h2-9,23H,21-22H2,1H3,(H,24,25,26)(H,27,28,29)(H,30,31,32). The molecule has 0 heterocycles. The lowest BCUT2D eigenvalue weighted by atomic mass is 9.89. The first-order valence-electron chi connectivity index (χ1n) is 9.39. The van der Waals surface area contributed by atoms with Crippen molar-refractivity contribution in [1.29, 1.82) is 0 Å². The average molecular weight is 542 g/mol. The van der Waals surface area contributed by atoms with E-state index in [1.165, 1.54) is 25.1 Å². The summed E-state index contributed by atoms with van der Waals surface area (Å²) in [5.74, 6) is 0. The summed E-state index contributed by atoms with van der Waals surface area (Å²) in [5, 5.41) is 5.80. The summed E-state index contributed by atoms with van der Waals surface area (Å²) in [6.07, 6.45) is 2.38. The van der Waals surface area contributed by atoms with E-state index in [0.717, 1.165) is 30.3 Å². The second-order valence-corrected chi connectivity index (χ2v) is 11.6. The van der Waals surface area contributed by atoms with Crippen LogP contribution >= 0.6 is 0 Å². The molecule has 15 heteroatoms. The molecule has 1 aliphatic carbocycles. The number of nitrogen functional groups attached to an aromatic ring is 2. The fourth-order valence-corrected chi connectivity index (χ4v) is 5.43. The van der Waals surface area contributed by atoms with Gasteiger partial charge in [-0.2, -0.15) is 16.8 Å². The molecule has 0 saturated carbocycles. The summed E-state index contributed by atoms with van der Waals surface area (Å²) in [6.45, 7) is 1.44. The first-order chi connectivity index (χ1) is 15.9. The number of rotatable bonds is 5. The van der Waals surface area contributed by atoms with E-state index in [9.17, 15) is 38.9 Å². The van der Waals surface area contributed by atoms with E-state index < -0.39 is 45.1 Å². The number of hydrogen-bond acceptors (Lipinski definition) is 9. The van der Waals surface area contributed by atoms with Crippen molar-refractivity contribution in [3.8, 4) is 0 Å². The molecule has 0 bridgehead atoms. The van der Waals surface area contributed by atoms with Gasteiger partial charge in [-0.15, -0.1) is 0 Å². The first-order valence-corrected chi connectivity index (χ1v) is 13.7. The van der Waals surface area contributed by atoms with E-state index in [1.807, 2.05) is 0 Å². The van der Waals surface area contributed by atoms with Gasteiger partial charge in [-0.1, -0.05) is 12.1 Å². The minimum atomic E-state index is -5.04. The van der Waals surface area contributed by atoms with Gasteiger partial charge in [0.2, 0.25) is 5.71 Å². The number of allylic oxidation sites excluding steroid dienone is 5. The second-order valence-electron chi connectivity index (χ2n) is 7.49. The summed E-state index contributed by atoms with van der Waals surface area (Å²) in [4.78, 5) is -2.12. The van der Waals surface area contributed by atoms with Gasteiger partial charge >= 0.3 is 10.1 Å². The van der Waals surface area contributed by atoms with Crippen molar-refractivity contribution in [2.75, 3.05) is 11.5 Å². The Morgan fingerprint density at radius 1 is 0.829 bits per heavy atom. The molecular weight excluding hydrogens is 522 g/mol. The third-order valence-electron chi connectivity index (χ3n) is 5.07. The van der Waals surface area contributed by atoms with Crippen LogP contribution in [0.25, 0.3) is 5.57 Å². The molecule has 3 rings (SSSR count). The lowest BCUT2D eigenvalue weighted by molar-refractivity contribution is -0.111. The van der Waals surface area contributed by atoms with Gasteiger partial charge in [-0.25, -0.2) is 8.42 Å². The molecule has 0 atom stereocenters. The highest BCUT2D eigenvalue weighted by Crippen LogP contribution is 2.36. The summed E-state index contributed by atoms with van der Waals surface area (Å²) in [5.41, 5.74) is 10.7. The first kappa shape index (κ1) is 26.3. The van der Waals surface area contributed by atoms with Crippen molar-refractivity contribution in [2.45, 2.75) is 16.7 Å². The van der Waals surface area contributed by atoms with Gasteiger partial charge in [0.05, 0.1) is 10.6 Å². The third-order valence-corrected chi connectivity index (χ3v) is 7.76. The smallest absolute Gasteiger partial charge is 0.301 e. The molecule has 12 nitrogen and oxygen atoms in total. The van der Waals surface area contributed by atoms with Gasteiger partial charge in [0.15, 0.2) is 4.91 Å². The molecule has 35 heavy (non-hydrogen) atoms. The molecular formula is C20H19N3O9S3. The molecule has 2 aromatic rings. The fourth-order valence-electron chi connectivity index (χ4n) is 3.44. The van der Waals surface area contributed by atoms with E-state index in [4.69, 9.17) is 16.9 Å². The van der Waals surface area contributed by atoms with Crippen LogP contribution in [0, 0.1) is 0 Å². The van der Waals surface area contributed by atoms with Gasteiger partial charge < -0.3 is 16.0 Å². The SMILES string of the molecule is CC1=CC(=C(c2ccc(N)c(S(=O)(=O)[O-])c2)c2ccc(N)c(S(=O)(=O)O)c2)C=C(S(=O)(=O)O)C1=[NH2+]. The Bertz CT molecular complexity index is 1620. The van der Waals surface area contributed by atoms with E-state index in [-0.39, 0.29) is 44.9 Å². The summed E-state index contributed by atoms with van der Waals surface area (Å²) < 4.78 is 102. The zero-order chi connectivity index (χ0) is 26.5. The minimum absolute atomic E-state index is 0.00476. The Balaban J connectivity index is 2.53. The van der Waals surface area contributed by atoms with Crippen molar-refractivity contribution in [2.24, 2.45) is 0 Å². The van der Waals surface area contributed by atoms with Crippen LogP contribution in [0.3, 0.4) is 0 Å². The van der Waals surface area contributed by atoms with Crippen molar-refractivity contribution < 1.29 is 44.3 Å². The van der Waals surface area contributed by atoms with Gasteiger partial charge in [0.1, 0.15) is 15.0 Å². The summed E-state index contributed by atoms with van der Waals surface area (Å²) >= 11 is 0. The maximum Gasteiger partial charge on any atom is 0.301 e. The topological polar surface area (TPSA) is 244 Å². The Morgan fingerprint density at radius 2 is 1.31 bits per heavy atom. The quantitative estimate of drug-likeness (QED) is 0.244. The fraction of sp³-hybridized carbons (Fsp3) is 0.0500. The maximum absolute atomic E-state index is 11.9. The molecule has 0 saturated heterocycles. The maximum atomic E-state index is 11.9. The molecule has 0 aliphatic heterocycles. The van der Waals surface area contributed by atoms with E-state index >= 15 is 0 Å². The molecule has 186 valence electrons. The molecule has 2 aromatic carbocycles. The van der Waals surface area contributed by atoms with Crippen molar-refractivity contribution in [3.05, 3.63) is 75.7 Å². The Hall–Kier alpha value is -3.34. The van der Waals surface area contributed by atoms with Gasteiger partial charge in [0, 0.05) is 11.3 Å². The van der Waals surface area contributed by atoms with Crippen LogP contribution in [-0.4, -0.2) is 44.6 Å². The van der Waals surface area contributed by atoms with Crippen molar-refractivity contribution >= 4 is 53.0 Å². The molecule has 0 radical (unpaired) electrons. The Morgan fingerprint density at radius 3 is 1.77 bits per heavy atom. The highest BCUT2D eigenvalue weighted by atomic mass is 32.2. The average Bonchev–Trinajstić information content (AvgIpc) is 2.70. The van der Waals surface area contributed by atoms with Crippen LogP contribution in [0.5, 0.6) is 0 Å². The van der Waals surface area contributed by atoms with Gasteiger partial charge in [-0.05, 0) is 65.6 Å². The lowest BCUT2D eigenvalue weighted by Gasteiger charge is -2.19. The highest BCUT2D eigenvalue weighted by Gasteiger charge is 2.30. The number of nitrogens with two attached hydrogens (primary N) is 3. The van der Waals surface area contributed by atoms with E-state index in [2.05, 4.69) is 0 Å². The van der Waals surface area contributed by atoms with Crippen LogP contribution in [0.1, 0.15) is 18.1 Å². The monoisotopic (exact) mass is 541 g/mol. The van der Waals surface area contributed by atoms with Crippen LogP contribution < -0.4 is 16.9 Å². The van der Waals surface area contributed by atoms with Crippen LogP contribution in [0.15, 0.2) is 74.4 Å². The van der Waals surface area contributed by atoms with E-state index in [0.29, 0.717) is 0 Å². The largest absolute Gasteiger partial charge is 0.744 e. The van der Waals surface area contributed by atoms with Crippen molar-refractivity contribution in [3.63, 3.8) is 0 Å². The van der Waals surface area contributed by atoms with Gasteiger partial charge in [-0.3, -0.25) is 14.5 Å². The van der Waals surface area contributed by atoms with Crippen LogP contribution in [0.4, 0.5) is 11.4 Å². The normalized spacial score (nSPS) is 16.5. The molecule has 1 aliphatic rings. The van der Waals surface area contributed by atoms with Crippen molar-refractivity contribution in [1.82, 2.24) is 0 Å². The number of benzene rings is 2. The zero-order valence-corrected chi connectivity index (χ0v) is 20.3. The molecule has 0 amide bonds. The van der Waals surface area contributed by atoms with E-state index in [1.54, 1.807) is 0 Å². The Labute approximate surface area is 201 Å². The number of anilines is 2. The molecule has 0 aromatic heterocycles. The van der Waals surface area contributed by atoms with Crippen LogP contribution in [-0.2, 0) is 30.4 Å². The second kappa shape index (κ2) is 8.71.